The van der Waals surface area contributed by atoms with Crippen LogP contribution in [0, 0.1) is 0 Å². The van der Waals surface area contributed by atoms with E-state index in [4.69, 9.17) is 4.74 Å². The van der Waals surface area contributed by atoms with Gasteiger partial charge in [-0.2, -0.15) is 0 Å². The summed E-state index contributed by atoms with van der Waals surface area (Å²) in [6, 6.07) is 16.7. The summed E-state index contributed by atoms with van der Waals surface area (Å²) < 4.78 is 7.45. The predicted octanol–water partition coefficient (Wildman–Crippen LogP) is 4.74. The standard InChI is InChI=1S/C21H25N3O2Si/c1-27(2,3)12-11-26-16-24-15-22-21(23-24)20-6-4-5-19(13-20)18-9-7-17(14-25)8-10-18/h4-10,13-15H,11-12,16H2,1-3H3. The van der Waals surface area contributed by atoms with Gasteiger partial charge in [0.2, 0.25) is 0 Å². The number of rotatable bonds is 8. The maximum absolute atomic E-state index is 10.8. The number of nitrogens with zero attached hydrogens (tertiary/aromatic N) is 3. The molecule has 140 valence electrons. The zero-order valence-electron chi connectivity index (χ0n) is 16.1. The Hall–Kier alpha value is -2.57. The molecule has 0 saturated heterocycles. The van der Waals surface area contributed by atoms with E-state index in [-0.39, 0.29) is 0 Å². The smallest absolute Gasteiger partial charge is 0.181 e. The molecule has 3 rings (SSSR count). The second-order valence-electron chi connectivity index (χ2n) is 7.78. The van der Waals surface area contributed by atoms with E-state index in [1.165, 1.54) is 0 Å². The Morgan fingerprint density at radius 3 is 2.48 bits per heavy atom. The number of benzene rings is 2. The van der Waals surface area contributed by atoms with Gasteiger partial charge in [-0.05, 0) is 23.2 Å². The van der Waals surface area contributed by atoms with Gasteiger partial charge >= 0.3 is 0 Å². The van der Waals surface area contributed by atoms with Crippen molar-refractivity contribution < 1.29 is 9.53 Å². The maximum atomic E-state index is 10.8. The fourth-order valence-electron chi connectivity index (χ4n) is 2.62. The third kappa shape index (κ3) is 5.45. The highest BCUT2D eigenvalue weighted by atomic mass is 28.3. The van der Waals surface area contributed by atoms with Crippen LogP contribution in [0.3, 0.4) is 0 Å². The molecule has 2 aromatic carbocycles. The lowest BCUT2D eigenvalue weighted by Crippen LogP contribution is -2.22. The molecule has 3 aromatic rings. The van der Waals surface area contributed by atoms with E-state index in [9.17, 15) is 4.79 Å². The third-order valence-corrected chi connectivity index (χ3v) is 5.96. The molecule has 0 radical (unpaired) electrons. The number of aromatic nitrogens is 3. The summed E-state index contributed by atoms with van der Waals surface area (Å²) in [5.41, 5.74) is 3.74. The van der Waals surface area contributed by atoms with Gasteiger partial charge in [-0.15, -0.1) is 5.10 Å². The quantitative estimate of drug-likeness (QED) is 0.322. The fraction of sp³-hybridized carbons (Fsp3) is 0.286. The molecule has 0 atom stereocenters. The van der Waals surface area contributed by atoms with Gasteiger partial charge in [0.25, 0.3) is 0 Å². The maximum Gasteiger partial charge on any atom is 0.181 e. The Labute approximate surface area is 161 Å². The van der Waals surface area contributed by atoms with Gasteiger partial charge < -0.3 is 4.74 Å². The van der Waals surface area contributed by atoms with Crippen molar-refractivity contribution in [1.82, 2.24) is 14.8 Å². The molecule has 0 aliphatic heterocycles. The van der Waals surface area contributed by atoms with E-state index in [1.54, 1.807) is 11.0 Å². The summed E-state index contributed by atoms with van der Waals surface area (Å²) in [7, 11) is -1.08. The third-order valence-electron chi connectivity index (χ3n) is 4.26. The Kier molecular flexibility index (Phi) is 5.98. The molecular formula is C21H25N3O2Si. The highest BCUT2D eigenvalue weighted by Crippen LogP contribution is 2.24. The summed E-state index contributed by atoms with van der Waals surface area (Å²) in [5.74, 6) is 0.676. The molecule has 0 aliphatic rings. The van der Waals surface area contributed by atoms with Crippen LogP contribution in [0.25, 0.3) is 22.5 Å². The van der Waals surface area contributed by atoms with Crippen LogP contribution in [0.4, 0.5) is 0 Å². The van der Waals surface area contributed by atoms with Crippen LogP contribution in [0.1, 0.15) is 10.4 Å². The first-order chi connectivity index (χ1) is 12.9. The van der Waals surface area contributed by atoms with Gasteiger partial charge in [-0.1, -0.05) is 62.1 Å². The van der Waals surface area contributed by atoms with Crippen LogP contribution in [0.2, 0.25) is 25.7 Å². The monoisotopic (exact) mass is 379 g/mol. The SMILES string of the molecule is C[Si](C)(C)CCOCn1cnc(-c2cccc(-c3ccc(C=O)cc3)c2)n1. The van der Waals surface area contributed by atoms with Crippen LogP contribution in [0.5, 0.6) is 0 Å². The average Bonchev–Trinajstić information content (AvgIpc) is 3.14. The van der Waals surface area contributed by atoms with Gasteiger partial charge in [-0.25, -0.2) is 9.67 Å². The average molecular weight is 380 g/mol. The molecule has 1 heterocycles. The van der Waals surface area contributed by atoms with E-state index in [1.807, 2.05) is 42.5 Å². The van der Waals surface area contributed by atoms with Crippen molar-refractivity contribution in [2.24, 2.45) is 0 Å². The summed E-state index contributed by atoms with van der Waals surface area (Å²) in [4.78, 5) is 15.2. The number of hydrogen-bond donors (Lipinski definition) is 0. The zero-order valence-corrected chi connectivity index (χ0v) is 17.1. The molecule has 0 N–H and O–H groups in total. The topological polar surface area (TPSA) is 57.0 Å². The van der Waals surface area contributed by atoms with Crippen LogP contribution in [0.15, 0.2) is 54.9 Å². The molecular weight excluding hydrogens is 354 g/mol. The van der Waals surface area contributed by atoms with Gasteiger partial charge in [-0.3, -0.25) is 4.79 Å². The van der Waals surface area contributed by atoms with E-state index >= 15 is 0 Å². The molecule has 0 saturated carbocycles. The van der Waals surface area contributed by atoms with E-state index < -0.39 is 8.07 Å². The Morgan fingerprint density at radius 1 is 1.04 bits per heavy atom. The second kappa shape index (κ2) is 8.41. The minimum Gasteiger partial charge on any atom is -0.359 e. The molecule has 0 unspecified atom stereocenters. The van der Waals surface area contributed by atoms with Crippen molar-refractivity contribution in [3.8, 4) is 22.5 Å². The first kappa shape index (κ1) is 19.2. The molecule has 0 fully saturated rings. The van der Waals surface area contributed by atoms with Crippen LogP contribution in [-0.2, 0) is 11.5 Å². The van der Waals surface area contributed by atoms with Crippen molar-refractivity contribution in [3.05, 3.63) is 60.4 Å². The summed E-state index contributed by atoms with van der Waals surface area (Å²) in [5, 5.41) is 4.52. The first-order valence-corrected chi connectivity index (χ1v) is 12.8. The first-order valence-electron chi connectivity index (χ1n) is 9.08. The minimum absolute atomic E-state index is 0.421. The minimum atomic E-state index is -1.08. The number of carbonyl (C=O) groups excluding carboxylic acids is 1. The molecule has 5 nitrogen and oxygen atoms in total. The van der Waals surface area contributed by atoms with Gasteiger partial charge in [0.05, 0.1) is 0 Å². The largest absolute Gasteiger partial charge is 0.359 e. The lowest BCUT2D eigenvalue weighted by atomic mass is 10.0. The van der Waals surface area contributed by atoms with Crippen molar-refractivity contribution in [2.75, 3.05) is 6.61 Å². The predicted molar refractivity (Wildman–Crippen MR) is 110 cm³/mol. The fourth-order valence-corrected chi connectivity index (χ4v) is 3.37. The molecule has 0 spiro atoms. The van der Waals surface area contributed by atoms with Crippen molar-refractivity contribution in [1.29, 1.82) is 0 Å². The van der Waals surface area contributed by atoms with Gasteiger partial charge in [0.1, 0.15) is 19.3 Å². The number of aldehydes is 1. The second-order valence-corrected chi connectivity index (χ2v) is 13.4. The van der Waals surface area contributed by atoms with Crippen LogP contribution < -0.4 is 0 Å². The van der Waals surface area contributed by atoms with E-state index in [2.05, 4.69) is 35.8 Å². The van der Waals surface area contributed by atoms with Crippen LogP contribution in [-0.4, -0.2) is 35.7 Å². The molecule has 6 heteroatoms. The Morgan fingerprint density at radius 2 is 1.78 bits per heavy atom. The Balaban J connectivity index is 1.68. The molecule has 27 heavy (non-hydrogen) atoms. The molecule has 0 amide bonds. The molecule has 1 aromatic heterocycles. The number of ether oxygens (including phenoxy) is 1. The lowest BCUT2D eigenvalue weighted by molar-refractivity contribution is 0.0785. The zero-order chi connectivity index (χ0) is 19.3. The van der Waals surface area contributed by atoms with Gasteiger partial charge in [0, 0.05) is 25.8 Å². The number of carbonyl (C=O) groups is 1. The lowest BCUT2D eigenvalue weighted by Gasteiger charge is -2.15. The normalized spacial score (nSPS) is 11.5. The van der Waals surface area contributed by atoms with Crippen molar-refractivity contribution in [2.45, 2.75) is 32.4 Å². The van der Waals surface area contributed by atoms with Crippen molar-refractivity contribution >= 4 is 14.4 Å². The van der Waals surface area contributed by atoms with E-state index in [0.717, 1.165) is 35.6 Å². The highest BCUT2D eigenvalue weighted by Gasteiger charge is 2.12. The van der Waals surface area contributed by atoms with Gasteiger partial charge in [0.15, 0.2) is 5.82 Å². The summed E-state index contributed by atoms with van der Waals surface area (Å²) >= 11 is 0. The van der Waals surface area contributed by atoms with E-state index in [0.29, 0.717) is 18.1 Å². The number of hydrogen-bond acceptors (Lipinski definition) is 4. The molecule has 0 aliphatic carbocycles. The summed E-state index contributed by atoms with van der Waals surface area (Å²) in [6.45, 7) is 8.19. The summed E-state index contributed by atoms with van der Waals surface area (Å²) in [6.07, 6.45) is 2.55. The highest BCUT2D eigenvalue weighted by molar-refractivity contribution is 6.76. The van der Waals surface area contributed by atoms with Crippen molar-refractivity contribution in [3.63, 3.8) is 0 Å². The van der Waals surface area contributed by atoms with Crippen LogP contribution >= 0.6 is 0 Å². The molecule has 0 bridgehead atoms. The Bertz CT molecular complexity index is 898.